The fourth-order valence-corrected chi connectivity index (χ4v) is 4.34. The van der Waals surface area contributed by atoms with Crippen molar-refractivity contribution in [1.82, 2.24) is 19.3 Å². The van der Waals surface area contributed by atoms with Gasteiger partial charge in [-0.1, -0.05) is 41.9 Å². The van der Waals surface area contributed by atoms with Gasteiger partial charge in [0.05, 0.1) is 28.7 Å². The summed E-state index contributed by atoms with van der Waals surface area (Å²) < 4.78 is 3.39. The second-order valence-electron chi connectivity index (χ2n) is 7.78. The molecule has 160 valence electrons. The topological polar surface area (TPSA) is 90.0 Å². The van der Waals surface area contributed by atoms with Crippen LogP contribution in [0.15, 0.2) is 53.3 Å². The molecule has 0 bridgehead atoms. The lowest BCUT2D eigenvalue weighted by Crippen LogP contribution is -2.21. The van der Waals surface area contributed by atoms with Crippen LogP contribution in [-0.2, 0) is 13.1 Å². The van der Waals surface area contributed by atoms with Gasteiger partial charge in [0.15, 0.2) is 0 Å². The van der Waals surface area contributed by atoms with Crippen molar-refractivity contribution < 1.29 is 9.90 Å². The van der Waals surface area contributed by atoms with Gasteiger partial charge in [-0.2, -0.15) is 5.10 Å². The van der Waals surface area contributed by atoms with Gasteiger partial charge in [0.25, 0.3) is 5.56 Å². The maximum Gasteiger partial charge on any atom is 0.335 e. The average Bonchev–Trinajstić information content (AvgIpc) is 3.30. The zero-order valence-corrected chi connectivity index (χ0v) is 18.0. The number of rotatable bonds is 4. The van der Waals surface area contributed by atoms with E-state index in [1.54, 1.807) is 9.25 Å². The number of aromatic carboxylic acids is 1. The zero-order valence-electron chi connectivity index (χ0n) is 17.2. The van der Waals surface area contributed by atoms with Gasteiger partial charge < -0.3 is 5.11 Å². The molecule has 0 unspecified atom stereocenters. The molecule has 0 amide bonds. The molecule has 8 heteroatoms. The molecule has 0 atom stereocenters. The van der Waals surface area contributed by atoms with E-state index in [1.807, 2.05) is 43.3 Å². The molecule has 1 aliphatic heterocycles. The molecule has 0 saturated carbocycles. The molecule has 0 radical (unpaired) electrons. The minimum atomic E-state index is -1.06. The number of halogens is 1. The third kappa shape index (κ3) is 3.40. The third-order valence-corrected chi connectivity index (χ3v) is 6.10. The maximum atomic E-state index is 12.9. The molecule has 0 spiro atoms. The Bertz CT molecular complexity index is 1470. The summed E-state index contributed by atoms with van der Waals surface area (Å²) in [4.78, 5) is 28.9. The first kappa shape index (κ1) is 20.2. The van der Waals surface area contributed by atoms with Gasteiger partial charge in [-0.15, -0.1) is 0 Å². The van der Waals surface area contributed by atoms with Crippen LogP contribution in [0.3, 0.4) is 0 Å². The monoisotopic (exact) mass is 446 g/mol. The van der Waals surface area contributed by atoms with Crippen molar-refractivity contribution in [2.45, 2.75) is 26.4 Å². The average molecular weight is 447 g/mol. The normalized spacial score (nSPS) is 14.2. The molecule has 1 N–H and O–H groups in total. The van der Waals surface area contributed by atoms with Crippen LogP contribution in [-0.4, -0.2) is 30.4 Å². The summed E-state index contributed by atoms with van der Waals surface area (Å²) in [6.45, 7) is 2.97. The molecule has 5 rings (SSSR count). The number of allylic oxidation sites excluding steroid dienone is 1. The van der Waals surface area contributed by atoms with E-state index in [1.165, 1.54) is 18.2 Å². The number of aryl methyl sites for hydroxylation is 1. The number of fused-ring (bicyclic) bond motifs is 2. The third-order valence-electron chi connectivity index (χ3n) is 5.70. The van der Waals surface area contributed by atoms with E-state index < -0.39 is 5.97 Å². The Kier molecular flexibility index (Phi) is 4.90. The van der Waals surface area contributed by atoms with Crippen LogP contribution in [0.1, 0.15) is 39.4 Å². The van der Waals surface area contributed by atoms with Crippen LogP contribution in [0.2, 0.25) is 5.15 Å². The predicted molar refractivity (Wildman–Crippen MR) is 123 cm³/mol. The van der Waals surface area contributed by atoms with Gasteiger partial charge in [0, 0.05) is 12.1 Å². The Morgan fingerprint density at radius 3 is 2.75 bits per heavy atom. The fourth-order valence-electron chi connectivity index (χ4n) is 4.05. The molecule has 1 aliphatic rings. The summed E-state index contributed by atoms with van der Waals surface area (Å²) in [5, 5.41) is 14.8. The van der Waals surface area contributed by atoms with Crippen LogP contribution >= 0.6 is 11.6 Å². The van der Waals surface area contributed by atoms with Crippen LogP contribution in [0.5, 0.6) is 0 Å². The van der Waals surface area contributed by atoms with E-state index in [-0.39, 0.29) is 11.1 Å². The summed E-state index contributed by atoms with van der Waals surface area (Å²) in [6.07, 6.45) is 2.56. The predicted octanol–water partition coefficient (Wildman–Crippen LogP) is 4.25. The first-order chi connectivity index (χ1) is 15.4. The van der Waals surface area contributed by atoms with Gasteiger partial charge in [0.1, 0.15) is 11.0 Å². The summed E-state index contributed by atoms with van der Waals surface area (Å²) in [5.74, 6) is -0.519. The molecule has 4 aromatic rings. The minimum Gasteiger partial charge on any atom is -0.478 e. The molecular weight excluding hydrogens is 428 g/mol. The molecule has 0 saturated heterocycles. The van der Waals surface area contributed by atoms with Crippen molar-refractivity contribution in [3.63, 3.8) is 0 Å². The van der Waals surface area contributed by atoms with Gasteiger partial charge in [-0.25, -0.2) is 14.5 Å². The number of hydrogen-bond donors (Lipinski definition) is 1. The van der Waals surface area contributed by atoms with Gasteiger partial charge >= 0.3 is 5.97 Å². The Morgan fingerprint density at radius 1 is 1.22 bits per heavy atom. The highest BCUT2D eigenvalue weighted by atomic mass is 35.5. The highest BCUT2D eigenvalue weighted by molar-refractivity contribution is 6.31. The number of carboxylic acids is 1. The second kappa shape index (κ2) is 7.76. The smallest absolute Gasteiger partial charge is 0.335 e. The van der Waals surface area contributed by atoms with Crippen LogP contribution in [0.25, 0.3) is 22.6 Å². The molecule has 32 heavy (non-hydrogen) atoms. The Balaban J connectivity index is 1.58. The van der Waals surface area contributed by atoms with Crippen molar-refractivity contribution in [2.24, 2.45) is 0 Å². The first-order valence-electron chi connectivity index (χ1n) is 10.2. The van der Waals surface area contributed by atoms with E-state index >= 15 is 0 Å². The van der Waals surface area contributed by atoms with Crippen molar-refractivity contribution in [2.75, 3.05) is 0 Å². The van der Waals surface area contributed by atoms with Crippen LogP contribution in [0.4, 0.5) is 0 Å². The highest BCUT2D eigenvalue weighted by Gasteiger charge is 2.23. The second-order valence-corrected chi connectivity index (χ2v) is 8.14. The quantitative estimate of drug-likeness (QED) is 0.506. The Morgan fingerprint density at radius 2 is 2.00 bits per heavy atom. The fraction of sp³-hybridized carbons (Fsp3) is 0.167. The summed E-state index contributed by atoms with van der Waals surface area (Å²) in [7, 11) is 0. The SMILES string of the molecule is Cc1nn(Cc2ccccc2)c(Cl)c1/C=C1\CCn2c1nc1cc(C(=O)O)ccc1c2=O. The summed E-state index contributed by atoms with van der Waals surface area (Å²) in [6, 6.07) is 14.3. The molecule has 7 nitrogen and oxygen atoms in total. The van der Waals surface area contributed by atoms with E-state index in [0.29, 0.717) is 41.4 Å². The Hall–Kier alpha value is -3.71. The summed E-state index contributed by atoms with van der Waals surface area (Å²) in [5.41, 5.74) is 3.83. The largest absolute Gasteiger partial charge is 0.478 e. The van der Waals surface area contributed by atoms with Crippen LogP contribution in [0, 0.1) is 6.92 Å². The van der Waals surface area contributed by atoms with E-state index in [0.717, 1.165) is 22.4 Å². The number of aromatic nitrogens is 4. The lowest BCUT2D eigenvalue weighted by Gasteiger charge is -2.06. The Labute approximate surface area is 188 Å². The lowest BCUT2D eigenvalue weighted by molar-refractivity contribution is 0.0697. The number of carbonyl (C=O) groups is 1. The molecule has 0 fully saturated rings. The van der Waals surface area contributed by atoms with E-state index in [9.17, 15) is 14.7 Å². The molecule has 2 aromatic heterocycles. The van der Waals surface area contributed by atoms with Crippen molar-refractivity contribution in [1.29, 1.82) is 0 Å². The van der Waals surface area contributed by atoms with Crippen molar-refractivity contribution in [3.8, 4) is 0 Å². The highest BCUT2D eigenvalue weighted by Crippen LogP contribution is 2.31. The lowest BCUT2D eigenvalue weighted by atomic mass is 10.1. The van der Waals surface area contributed by atoms with E-state index in [2.05, 4.69) is 10.1 Å². The van der Waals surface area contributed by atoms with E-state index in [4.69, 9.17) is 11.6 Å². The molecule has 0 aliphatic carbocycles. The van der Waals surface area contributed by atoms with Crippen molar-refractivity contribution >= 4 is 40.1 Å². The summed E-state index contributed by atoms with van der Waals surface area (Å²) >= 11 is 6.67. The molecule has 2 aromatic carbocycles. The van der Waals surface area contributed by atoms with Gasteiger partial charge in [-0.3, -0.25) is 9.36 Å². The zero-order chi connectivity index (χ0) is 22.4. The maximum absolute atomic E-state index is 12.9. The number of nitrogens with zero attached hydrogens (tertiary/aromatic N) is 4. The standard InChI is InChI=1S/C24H19ClN4O3/c1-14-19(21(25)29(27-14)13-15-5-3-2-4-6-15)11-16-9-10-28-22(16)26-20-12-17(24(31)32)7-8-18(20)23(28)30/h2-8,11-12H,9-10,13H2,1H3,(H,31,32)/b16-11+. The molecular formula is C24H19ClN4O3. The minimum absolute atomic E-state index is 0.0963. The van der Waals surface area contributed by atoms with Gasteiger partial charge in [0.2, 0.25) is 0 Å². The number of hydrogen-bond acceptors (Lipinski definition) is 4. The van der Waals surface area contributed by atoms with Crippen LogP contribution < -0.4 is 5.56 Å². The number of carboxylic acid groups (broad SMARTS) is 1. The van der Waals surface area contributed by atoms with Crippen molar-refractivity contribution in [3.05, 3.63) is 92.2 Å². The molecule has 3 heterocycles. The number of benzene rings is 2. The van der Waals surface area contributed by atoms with Gasteiger partial charge in [-0.05, 0) is 48.8 Å². The first-order valence-corrected chi connectivity index (χ1v) is 10.6.